The number of aliphatic hydroxyl groups is 1. The lowest BCUT2D eigenvalue weighted by Gasteiger charge is -2.10. The van der Waals surface area contributed by atoms with E-state index >= 15 is 0 Å². The van der Waals surface area contributed by atoms with Crippen LogP contribution in [-0.2, 0) is 0 Å². The summed E-state index contributed by atoms with van der Waals surface area (Å²) in [5.74, 6) is 1.47. The summed E-state index contributed by atoms with van der Waals surface area (Å²) in [5.41, 5.74) is 0. The molecule has 0 aliphatic heterocycles. The van der Waals surface area contributed by atoms with E-state index in [1.165, 1.54) is 12.8 Å². The molecule has 1 aliphatic rings. The molecule has 0 aromatic heterocycles. The van der Waals surface area contributed by atoms with E-state index in [1.54, 1.807) is 0 Å². The molecule has 0 spiro atoms. The monoisotopic (exact) mass is 142 g/mol. The van der Waals surface area contributed by atoms with Crippen molar-refractivity contribution in [2.24, 2.45) is 11.8 Å². The first kappa shape index (κ1) is 8.06. The van der Waals surface area contributed by atoms with Crippen molar-refractivity contribution in [3.63, 3.8) is 0 Å². The Balaban J connectivity index is 2.38. The summed E-state index contributed by atoms with van der Waals surface area (Å²) in [6.07, 6.45) is 4.62. The van der Waals surface area contributed by atoms with Crippen molar-refractivity contribution in [3.8, 4) is 0 Å². The van der Waals surface area contributed by atoms with Gasteiger partial charge in [-0.1, -0.05) is 26.7 Å². The molecule has 1 rings (SSSR count). The van der Waals surface area contributed by atoms with Crippen LogP contribution >= 0.6 is 0 Å². The molecule has 0 amide bonds. The fourth-order valence-electron chi connectivity index (χ4n) is 1.83. The van der Waals surface area contributed by atoms with Gasteiger partial charge in [-0.3, -0.25) is 0 Å². The van der Waals surface area contributed by atoms with Gasteiger partial charge in [-0.05, 0) is 24.7 Å². The highest BCUT2D eigenvalue weighted by molar-refractivity contribution is 4.70. The maximum atomic E-state index is 9.43. The highest BCUT2D eigenvalue weighted by Crippen LogP contribution is 2.26. The van der Waals surface area contributed by atoms with Crippen LogP contribution in [-0.4, -0.2) is 11.2 Å². The summed E-state index contributed by atoms with van der Waals surface area (Å²) < 4.78 is 0. The van der Waals surface area contributed by atoms with Crippen LogP contribution in [0.15, 0.2) is 0 Å². The van der Waals surface area contributed by atoms with Crippen LogP contribution in [0.2, 0.25) is 0 Å². The Labute approximate surface area is 63.4 Å². The molecule has 3 atom stereocenters. The second kappa shape index (κ2) is 3.38. The quantitative estimate of drug-likeness (QED) is 0.514. The number of hydrogen-bond donors (Lipinski definition) is 1. The third kappa shape index (κ3) is 2.30. The molecule has 0 bridgehead atoms. The lowest BCUT2D eigenvalue weighted by molar-refractivity contribution is 0.134. The van der Waals surface area contributed by atoms with E-state index in [0.717, 1.165) is 24.7 Å². The molecule has 1 N–H and O–H groups in total. The molecule has 1 fully saturated rings. The second-order valence-corrected chi connectivity index (χ2v) is 3.91. The fraction of sp³-hybridized carbons (Fsp3) is 1.00. The van der Waals surface area contributed by atoms with Gasteiger partial charge in [0, 0.05) is 0 Å². The molecule has 1 nitrogen and oxygen atoms in total. The molecule has 0 aromatic carbocycles. The summed E-state index contributed by atoms with van der Waals surface area (Å²) in [7, 11) is 0. The molecule has 0 saturated heterocycles. The van der Waals surface area contributed by atoms with E-state index in [4.69, 9.17) is 0 Å². The van der Waals surface area contributed by atoms with Crippen LogP contribution in [0.5, 0.6) is 0 Å². The maximum absolute atomic E-state index is 9.43. The Kier molecular flexibility index (Phi) is 2.72. The standard InChI is InChI=1S/C9H18O/c1-7-3-4-8(2)6-9(10)5-7/h7-10H,3-6H2,1-2H3/t7-,8+,9+. The minimum absolute atomic E-state index is 0.0208. The molecular weight excluding hydrogens is 124 g/mol. The lowest BCUT2D eigenvalue weighted by Crippen LogP contribution is -2.10. The number of hydrogen-bond acceptors (Lipinski definition) is 1. The lowest BCUT2D eigenvalue weighted by atomic mass is 10.0. The van der Waals surface area contributed by atoms with Gasteiger partial charge in [0.15, 0.2) is 0 Å². The zero-order valence-corrected chi connectivity index (χ0v) is 7.01. The Morgan fingerprint density at radius 3 is 1.80 bits per heavy atom. The average molecular weight is 142 g/mol. The molecule has 0 radical (unpaired) electrons. The van der Waals surface area contributed by atoms with Crippen molar-refractivity contribution in [3.05, 3.63) is 0 Å². The van der Waals surface area contributed by atoms with Crippen molar-refractivity contribution in [2.75, 3.05) is 0 Å². The molecule has 0 unspecified atom stereocenters. The second-order valence-electron chi connectivity index (χ2n) is 3.91. The van der Waals surface area contributed by atoms with Crippen LogP contribution in [0.4, 0.5) is 0 Å². The Bertz CT molecular complexity index is 88.9. The van der Waals surface area contributed by atoms with Crippen molar-refractivity contribution < 1.29 is 5.11 Å². The third-order valence-corrected chi connectivity index (χ3v) is 2.50. The molecule has 0 aromatic rings. The Morgan fingerprint density at radius 1 is 1.00 bits per heavy atom. The van der Waals surface area contributed by atoms with Crippen LogP contribution in [0.3, 0.4) is 0 Å². The normalized spacial score (nSPS) is 42.9. The Hall–Kier alpha value is -0.0400. The highest BCUT2D eigenvalue weighted by Gasteiger charge is 2.18. The van der Waals surface area contributed by atoms with Crippen molar-refractivity contribution in [1.82, 2.24) is 0 Å². The van der Waals surface area contributed by atoms with Crippen molar-refractivity contribution in [1.29, 1.82) is 0 Å². The number of rotatable bonds is 0. The minimum Gasteiger partial charge on any atom is -0.393 e. The van der Waals surface area contributed by atoms with Gasteiger partial charge in [-0.15, -0.1) is 0 Å². The zero-order chi connectivity index (χ0) is 7.56. The molecule has 60 valence electrons. The summed E-state index contributed by atoms with van der Waals surface area (Å²) in [4.78, 5) is 0. The molecule has 1 heteroatoms. The van der Waals surface area contributed by atoms with E-state index in [9.17, 15) is 5.11 Å². The molecule has 1 aliphatic carbocycles. The van der Waals surface area contributed by atoms with Crippen molar-refractivity contribution in [2.45, 2.75) is 45.6 Å². The first-order chi connectivity index (χ1) is 4.68. The SMILES string of the molecule is C[C@@H]1CC[C@H](C)C[C@@H](O)C1. The minimum atomic E-state index is -0.0208. The average Bonchev–Trinajstić information content (AvgIpc) is 1.93. The van der Waals surface area contributed by atoms with Crippen LogP contribution in [0.25, 0.3) is 0 Å². The molecule has 1 saturated carbocycles. The largest absolute Gasteiger partial charge is 0.393 e. The van der Waals surface area contributed by atoms with Gasteiger partial charge in [-0.25, -0.2) is 0 Å². The predicted octanol–water partition coefficient (Wildman–Crippen LogP) is 2.19. The van der Waals surface area contributed by atoms with Crippen molar-refractivity contribution >= 4 is 0 Å². The van der Waals surface area contributed by atoms with E-state index < -0.39 is 0 Å². The molecular formula is C9H18O. The van der Waals surface area contributed by atoms with Gasteiger partial charge in [0.25, 0.3) is 0 Å². The van der Waals surface area contributed by atoms with Gasteiger partial charge in [-0.2, -0.15) is 0 Å². The van der Waals surface area contributed by atoms with E-state index in [1.807, 2.05) is 0 Å². The highest BCUT2D eigenvalue weighted by atomic mass is 16.3. The van der Waals surface area contributed by atoms with E-state index in [0.29, 0.717) is 0 Å². The zero-order valence-electron chi connectivity index (χ0n) is 7.01. The van der Waals surface area contributed by atoms with E-state index in [2.05, 4.69) is 13.8 Å². The van der Waals surface area contributed by atoms with Gasteiger partial charge >= 0.3 is 0 Å². The summed E-state index contributed by atoms with van der Waals surface area (Å²) in [5, 5.41) is 9.43. The third-order valence-electron chi connectivity index (χ3n) is 2.50. The van der Waals surface area contributed by atoms with Crippen LogP contribution in [0, 0.1) is 11.8 Å². The van der Waals surface area contributed by atoms with Gasteiger partial charge in [0.2, 0.25) is 0 Å². The summed E-state index contributed by atoms with van der Waals surface area (Å²) >= 11 is 0. The van der Waals surface area contributed by atoms with Crippen LogP contribution in [0.1, 0.15) is 39.5 Å². The first-order valence-electron chi connectivity index (χ1n) is 4.36. The summed E-state index contributed by atoms with van der Waals surface area (Å²) in [6.45, 7) is 4.47. The summed E-state index contributed by atoms with van der Waals surface area (Å²) in [6, 6.07) is 0. The Morgan fingerprint density at radius 2 is 1.40 bits per heavy atom. The van der Waals surface area contributed by atoms with Gasteiger partial charge < -0.3 is 5.11 Å². The van der Waals surface area contributed by atoms with Gasteiger partial charge in [0.05, 0.1) is 6.10 Å². The molecule has 10 heavy (non-hydrogen) atoms. The maximum Gasteiger partial charge on any atom is 0.0545 e. The topological polar surface area (TPSA) is 20.2 Å². The fourth-order valence-corrected chi connectivity index (χ4v) is 1.83. The van der Waals surface area contributed by atoms with E-state index in [-0.39, 0.29) is 6.10 Å². The predicted molar refractivity (Wildman–Crippen MR) is 42.8 cm³/mol. The van der Waals surface area contributed by atoms with Crippen LogP contribution < -0.4 is 0 Å². The number of aliphatic hydroxyl groups excluding tert-OH is 1. The molecule has 0 heterocycles. The first-order valence-corrected chi connectivity index (χ1v) is 4.36. The van der Waals surface area contributed by atoms with Gasteiger partial charge in [0.1, 0.15) is 0 Å². The smallest absolute Gasteiger partial charge is 0.0545 e.